The summed E-state index contributed by atoms with van der Waals surface area (Å²) in [5.74, 6) is 0.923. The van der Waals surface area contributed by atoms with Gasteiger partial charge in [-0.15, -0.1) is 5.10 Å². The number of benzene rings is 3. The maximum Gasteiger partial charge on any atom is 0.238 e. The van der Waals surface area contributed by atoms with Gasteiger partial charge in [0.15, 0.2) is 0 Å². The van der Waals surface area contributed by atoms with Crippen LogP contribution in [0.2, 0.25) is 0 Å². The number of ether oxygens (including phenoxy) is 1. The smallest absolute Gasteiger partial charge is 0.238 e. The summed E-state index contributed by atoms with van der Waals surface area (Å²) < 4.78 is 7.49. The third kappa shape index (κ3) is 3.90. The van der Waals surface area contributed by atoms with Crippen molar-refractivity contribution in [3.8, 4) is 17.2 Å². The number of para-hydroxylation sites is 2. The molecule has 1 aliphatic rings. The van der Waals surface area contributed by atoms with Crippen molar-refractivity contribution in [3.63, 3.8) is 0 Å². The maximum absolute atomic E-state index is 13.5. The van der Waals surface area contributed by atoms with Gasteiger partial charge < -0.3 is 9.84 Å². The maximum atomic E-state index is 13.5. The highest BCUT2D eigenvalue weighted by Gasteiger charge is 2.33. The Morgan fingerprint density at radius 2 is 1.78 bits per heavy atom. The van der Waals surface area contributed by atoms with Crippen LogP contribution in [0.4, 0.5) is 5.69 Å². The second-order valence-electron chi connectivity index (χ2n) is 7.15. The number of rotatable bonds is 5. The first-order valence-corrected chi connectivity index (χ1v) is 11.0. The minimum atomic E-state index is -0.229. The van der Waals surface area contributed by atoms with Gasteiger partial charge in [-0.25, -0.2) is 0 Å². The monoisotopic (exact) mass is 445 g/mol. The van der Waals surface area contributed by atoms with Crippen molar-refractivity contribution in [3.05, 3.63) is 84.4 Å². The van der Waals surface area contributed by atoms with E-state index in [0.717, 1.165) is 11.3 Å². The van der Waals surface area contributed by atoms with E-state index in [4.69, 9.17) is 4.74 Å². The molecule has 160 valence electrons. The predicted molar refractivity (Wildman–Crippen MR) is 120 cm³/mol. The molecular weight excluding hydrogens is 426 g/mol. The van der Waals surface area contributed by atoms with Crippen LogP contribution in [0, 0.1) is 0 Å². The van der Waals surface area contributed by atoms with E-state index in [1.165, 1.54) is 11.8 Å². The average Bonchev–Trinajstić information content (AvgIpc) is 3.31. The Hall–Kier alpha value is -3.85. The van der Waals surface area contributed by atoms with Crippen molar-refractivity contribution in [2.45, 2.75) is 11.2 Å². The third-order valence-corrected chi connectivity index (χ3v) is 6.05. The van der Waals surface area contributed by atoms with E-state index < -0.39 is 0 Å². The normalized spacial score (nSPS) is 15.1. The van der Waals surface area contributed by atoms with Crippen LogP contribution in [0.15, 0.2) is 84.0 Å². The summed E-state index contributed by atoms with van der Waals surface area (Å²) in [7, 11) is 0. The minimum absolute atomic E-state index is 0.0696. The van der Waals surface area contributed by atoms with Gasteiger partial charge in [0, 0.05) is 0 Å². The highest BCUT2D eigenvalue weighted by molar-refractivity contribution is 7.99. The lowest BCUT2D eigenvalue weighted by Gasteiger charge is -2.37. The van der Waals surface area contributed by atoms with Crippen molar-refractivity contribution in [1.29, 1.82) is 0 Å². The van der Waals surface area contributed by atoms with Crippen molar-refractivity contribution < 1.29 is 14.6 Å². The Kier molecular flexibility index (Phi) is 5.47. The van der Waals surface area contributed by atoms with Crippen molar-refractivity contribution in [1.82, 2.24) is 20.2 Å². The third-order valence-electron chi connectivity index (χ3n) is 5.15. The number of carbonyl (C=O) groups is 1. The fraction of sp³-hybridized carbons (Fsp3) is 0.130. The van der Waals surface area contributed by atoms with E-state index in [9.17, 15) is 9.90 Å². The number of thioether (sulfide) groups is 1. The molecule has 5 rings (SSSR count). The van der Waals surface area contributed by atoms with Crippen LogP contribution >= 0.6 is 11.8 Å². The average molecular weight is 446 g/mol. The molecule has 2 heterocycles. The molecule has 3 aromatic carbocycles. The van der Waals surface area contributed by atoms with E-state index in [0.29, 0.717) is 23.2 Å². The molecule has 8 nitrogen and oxygen atoms in total. The number of aromatic hydroxyl groups is 1. The Balaban J connectivity index is 1.40. The summed E-state index contributed by atoms with van der Waals surface area (Å²) in [4.78, 5) is 15.3. The summed E-state index contributed by atoms with van der Waals surface area (Å²) in [6, 6.07) is 23.7. The molecule has 0 aliphatic carbocycles. The molecule has 0 radical (unpaired) electrons. The van der Waals surface area contributed by atoms with Crippen LogP contribution in [0.3, 0.4) is 0 Å². The van der Waals surface area contributed by atoms with E-state index in [1.54, 1.807) is 33.8 Å². The lowest BCUT2D eigenvalue weighted by Crippen LogP contribution is -2.42. The molecule has 9 heteroatoms. The van der Waals surface area contributed by atoms with Gasteiger partial charge in [-0.05, 0) is 52.4 Å². The van der Waals surface area contributed by atoms with Crippen LogP contribution in [-0.4, -0.2) is 43.6 Å². The summed E-state index contributed by atoms with van der Waals surface area (Å²) >= 11 is 1.26. The Labute approximate surface area is 188 Å². The number of hydrogen-bond acceptors (Lipinski definition) is 7. The van der Waals surface area contributed by atoms with Gasteiger partial charge in [0.25, 0.3) is 0 Å². The number of carbonyl (C=O) groups excluding carboxylic acids is 1. The largest absolute Gasteiger partial charge is 0.508 e. The highest BCUT2D eigenvalue weighted by atomic mass is 32.2. The molecule has 0 fully saturated rings. The summed E-state index contributed by atoms with van der Waals surface area (Å²) in [6.45, 7) is 0.378. The molecule has 4 aromatic rings. The summed E-state index contributed by atoms with van der Waals surface area (Å²) in [5, 5.41) is 21.8. The zero-order valence-corrected chi connectivity index (χ0v) is 17.7. The molecule has 0 saturated carbocycles. The number of phenols is 1. The van der Waals surface area contributed by atoms with Crippen LogP contribution in [-0.2, 0) is 4.79 Å². The fourth-order valence-electron chi connectivity index (χ4n) is 3.64. The second kappa shape index (κ2) is 8.72. The van der Waals surface area contributed by atoms with Crippen LogP contribution in [0.5, 0.6) is 11.5 Å². The number of fused-ring (bicyclic) bond motifs is 1. The Morgan fingerprint density at radius 1 is 1.03 bits per heavy atom. The second-order valence-corrected chi connectivity index (χ2v) is 8.09. The topological polar surface area (TPSA) is 93.4 Å². The number of amides is 1. The predicted octanol–water partition coefficient (Wildman–Crippen LogP) is 3.63. The number of aromatic nitrogens is 4. The molecule has 1 amide bonds. The Morgan fingerprint density at radius 3 is 2.59 bits per heavy atom. The van der Waals surface area contributed by atoms with Crippen LogP contribution < -0.4 is 9.64 Å². The van der Waals surface area contributed by atoms with E-state index >= 15 is 0 Å². The van der Waals surface area contributed by atoms with Crippen molar-refractivity contribution in [2.24, 2.45) is 0 Å². The first kappa shape index (κ1) is 20.1. The molecule has 1 aliphatic heterocycles. The molecule has 32 heavy (non-hydrogen) atoms. The zero-order chi connectivity index (χ0) is 21.9. The number of phenolic OH excluding ortho intramolecular Hbond substituents is 1. The number of hydrogen-bond donors (Lipinski definition) is 1. The quantitative estimate of drug-likeness (QED) is 0.469. The minimum Gasteiger partial charge on any atom is -0.508 e. The van der Waals surface area contributed by atoms with Gasteiger partial charge in [0.05, 0.1) is 23.2 Å². The summed E-state index contributed by atoms with van der Waals surface area (Å²) in [6.07, 6.45) is 0. The molecule has 1 aromatic heterocycles. The van der Waals surface area contributed by atoms with Gasteiger partial charge in [0.2, 0.25) is 11.1 Å². The van der Waals surface area contributed by atoms with Gasteiger partial charge in [-0.2, -0.15) is 4.68 Å². The van der Waals surface area contributed by atoms with Gasteiger partial charge >= 0.3 is 0 Å². The lowest BCUT2D eigenvalue weighted by molar-refractivity contribution is -0.117. The van der Waals surface area contributed by atoms with Crippen LogP contribution in [0.25, 0.3) is 5.69 Å². The van der Waals surface area contributed by atoms with Gasteiger partial charge in [-0.3, -0.25) is 9.69 Å². The van der Waals surface area contributed by atoms with E-state index in [2.05, 4.69) is 15.5 Å². The molecule has 0 spiro atoms. The van der Waals surface area contributed by atoms with E-state index in [1.807, 2.05) is 54.6 Å². The standard InChI is InChI=1S/C23H19N5O3S/c29-18-12-10-17(11-13-18)28-23(24-25-26-28)32-15-22(30)27-19-8-4-5-9-21(19)31-14-20(27)16-6-2-1-3-7-16/h1-13,20,29H,14-15H2/t20-/m0/s1. The van der Waals surface area contributed by atoms with Gasteiger partial charge in [-0.1, -0.05) is 54.2 Å². The fourth-order valence-corrected chi connectivity index (χ4v) is 4.39. The van der Waals surface area contributed by atoms with Crippen LogP contribution in [0.1, 0.15) is 11.6 Å². The lowest BCUT2D eigenvalue weighted by atomic mass is 10.0. The first-order chi connectivity index (χ1) is 15.7. The van der Waals surface area contributed by atoms with Crippen molar-refractivity contribution >= 4 is 23.4 Å². The Bertz CT molecular complexity index is 1230. The molecule has 1 atom stereocenters. The zero-order valence-electron chi connectivity index (χ0n) is 16.9. The van der Waals surface area contributed by atoms with Crippen molar-refractivity contribution in [2.75, 3.05) is 17.3 Å². The molecule has 0 unspecified atom stereocenters. The van der Waals surface area contributed by atoms with Gasteiger partial charge in [0.1, 0.15) is 18.1 Å². The molecule has 0 saturated heterocycles. The molecule has 0 bridgehead atoms. The summed E-state index contributed by atoms with van der Waals surface area (Å²) in [5.41, 5.74) is 2.45. The highest BCUT2D eigenvalue weighted by Crippen LogP contribution is 2.39. The molecular formula is C23H19N5O3S. The molecule has 1 N–H and O–H groups in total. The van der Waals surface area contributed by atoms with E-state index in [-0.39, 0.29) is 23.5 Å². The first-order valence-electron chi connectivity index (χ1n) is 10.00. The number of tetrazole rings is 1. The SMILES string of the molecule is O=C(CSc1nnnn1-c1ccc(O)cc1)N1c2ccccc2OC[C@H]1c1ccccc1. The number of anilines is 1. The number of nitrogens with zero attached hydrogens (tertiary/aromatic N) is 5.